The van der Waals surface area contributed by atoms with E-state index < -0.39 is 41.9 Å². The van der Waals surface area contributed by atoms with Crippen molar-refractivity contribution < 1.29 is 28.3 Å². The minimum Gasteiger partial charge on any atom is -0.457 e. The first-order chi connectivity index (χ1) is 15.3. The van der Waals surface area contributed by atoms with E-state index in [-0.39, 0.29) is 32.8 Å². The molecule has 1 saturated carbocycles. The molecule has 1 aliphatic carbocycles. The van der Waals surface area contributed by atoms with E-state index in [9.17, 15) is 23.6 Å². The molecule has 0 aromatic heterocycles. The first-order valence-electron chi connectivity index (χ1n) is 10.1. The zero-order valence-corrected chi connectivity index (χ0v) is 18.3. The zero-order chi connectivity index (χ0) is 23.0. The normalized spacial score (nSPS) is 20.3. The van der Waals surface area contributed by atoms with Crippen molar-refractivity contribution in [3.05, 3.63) is 69.0 Å². The van der Waals surface area contributed by atoms with Crippen molar-refractivity contribution in [2.45, 2.75) is 31.7 Å². The van der Waals surface area contributed by atoms with Gasteiger partial charge in [-0.25, -0.2) is 4.39 Å². The number of carbonyl (C=O) groups is 4. The number of hydrogen-bond acceptors (Lipinski definition) is 5. The number of fused-ring (bicyclic) bond motifs is 1. The number of imide groups is 1. The highest BCUT2D eigenvalue weighted by atomic mass is 35.5. The van der Waals surface area contributed by atoms with Crippen LogP contribution < -0.4 is 0 Å². The zero-order valence-electron chi connectivity index (χ0n) is 16.8. The van der Waals surface area contributed by atoms with Gasteiger partial charge in [0.1, 0.15) is 5.82 Å². The molecule has 0 N–H and O–H groups in total. The maximum Gasteiger partial charge on any atom is 0.309 e. The Morgan fingerprint density at radius 3 is 2.00 bits per heavy atom. The lowest BCUT2D eigenvalue weighted by Crippen LogP contribution is -2.42. The SMILES string of the molecule is O=C(COC(=O)C1CCC(N2C(=O)c3cc(Cl)c(Cl)cc3C2=O)CC1)c1ccc(F)cc1. The molecule has 0 saturated heterocycles. The van der Waals surface area contributed by atoms with Crippen LogP contribution in [0.5, 0.6) is 0 Å². The van der Waals surface area contributed by atoms with Gasteiger partial charge in [-0.1, -0.05) is 23.2 Å². The number of esters is 1. The summed E-state index contributed by atoms with van der Waals surface area (Å²) >= 11 is 12.0. The van der Waals surface area contributed by atoms with Gasteiger partial charge in [0.2, 0.25) is 0 Å². The summed E-state index contributed by atoms with van der Waals surface area (Å²) in [5.41, 5.74) is 0.712. The fraction of sp³-hybridized carbons (Fsp3) is 0.304. The largest absolute Gasteiger partial charge is 0.457 e. The lowest BCUT2D eigenvalue weighted by atomic mass is 9.85. The Labute approximate surface area is 193 Å². The summed E-state index contributed by atoms with van der Waals surface area (Å²) in [5.74, 6) is -2.64. The van der Waals surface area contributed by atoms with E-state index in [0.29, 0.717) is 25.7 Å². The van der Waals surface area contributed by atoms with Gasteiger partial charge >= 0.3 is 5.97 Å². The van der Waals surface area contributed by atoms with Crippen molar-refractivity contribution in [2.75, 3.05) is 6.61 Å². The number of carbonyl (C=O) groups excluding carboxylic acids is 4. The molecule has 0 radical (unpaired) electrons. The number of amides is 2. The summed E-state index contributed by atoms with van der Waals surface area (Å²) in [6.45, 7) is -0.426. The summed E-state index contributed by atoms with van der Waals surface area (Å²) in [4.78, 5) is 51.2. The van der Waals surface area contributed by atoms with Crippen LogP contribution in [-0.4, -0.2) is 41.1 Å². The van der Waals surface area contributed by atoms with E-state index in [1.165, 1.54) is 29.2 Å². The molecule has 9 heteroatoms. The third-order valence-electron chi connectivity index (χ3n) is 5.87. The third kappa shape index (κ3) is 4.27. The molecule has 2 aromatic carbocycles. The minimum atomic E-state index is -0.500. The van der Waals surface area contributed by atoms with Crippen LogP contribution >= 0.6 is 23.2 Å². The molecule has 0 atom stereocenters. The van der Waals surface area contributed by atoms with Gasteiger partial charge in [-0.15, -0.1) is 0 Å². The average molecular weight is 478 g/mol. The van der Waals surface area contributed by atoms with Crippen molar-refractivity contribution >= 4 is 46.8 Å². The standard InChI is InChI=1S/C23H18Cl2FNO5/c24-18-9-16-17(10-19(18)25)22(30)27(21(16)29)15-7-3-13(4-8-15)23(31)32-11-20(28)12-1-5-14(26)6-2-12/h1-2,5-6,9-10,13,15H,3-4,7-8,11H2. The summed E-state index contributed by atoms with van der Waals surface area (Å²) in [7, 11) is 0. The van der Waals surface area contributed by atoms with Gasteiger partial charge in [0.05, 0.1) is 27.1 Å². The Bertz CT molecular complexity index is 1070. The second kappa shape index (κ2) is 9.00. The molecule has 0 unspecified atom stereocenters. The smallest absolute Gasteiger partial charge is 0.309 e. The Kier molecular flexibility index (Phi) is 6.31. The van der Waals surface area contributed by atoms with Crippen LogP contribution in [0.25, 0.3) is 0 Å². The van der Waals surface area contributed by atoms with Crippen molar-refractivity contribution in [1.82, 2.24) is 4.90 Å². The second-order valence-corrected chi connectivity index (χ2v) is 8.65. The molecule has 1 heterocycles. The van der Waals surface area contributed by atoms with Gasteiger partial charge < -0.3 is 4.74 Å². The van der Waals surface area contributed by atoms with Crippen LogP contribution in [0.3, 0.4) is 0 Å². The molecular formula is C23H18Cl2FNO5. The van der Waals surface area contributed by atoms with Crippen LogP contribution in [0.4, 0.5) is 4.39 Å². The van der Waals surface area contributed by atoms with Gasteiger partial charge in [0, 0.05) is 11.6 Å². The Balaban J connectivity index is 1.32. The van der Waals surface area contributed by atoms with Crippen molar-refractivity contribution in [3.8, 4) is 0 Å². The maximum absolute atomic E-state index is 13.0. The predicted octanol–water partition coefficient (Wildman–Crippen LogP) is 4.71. The number of halogens is 3. The van der Waals surface area contributed by atoms with Gasteiger partial charge in [-0.2, -0.15) is 0 Å². The van der Waals surface area contributed by atoms with Gasteiger partial charge in [0.15, 0.2) is 12.4 Å². The molecule has 0 bridgehead atoms. The van der Waals surface area contributed by atoms with Crippen molar-refractivity contribution in [3.63, 3.8) is 0 Å². The Morgan fingerprint density at radius 1 is 0.938 bits per heavy atom. The summed E-state index contributed by atoms with van der Waals surface area (Å²) < 4.78 is 18.1. The van der Waals surface area contributed by atoms with E-state index in [4.69, 9.17) is 27.9 Å². The van der Waals surface area contributed by atoms with E-state index in [2.05, 4.69) is 0 Å². The van der Waals surface area contributed by atoms with E-state index in [0.717, 1.165) is 12.1 Å². The third-order valence-corrected chi connectivity index (χ3v) is 6.59. The molecule has 32 heavy (non-hydrogen) atoms. The quantitative estimate of drug-likeness (QED) is 0.353. The van der Waals surface area contributed by atoms with Crippen LogP contribution in [-0.2, 0) is 9.53 Å². The molecule has 2 aliphatic rings. The molecular weight excluding hydrogens is 460 g/mol. The number of rotatable bonds is 5. The van der Waals surface area contributed by atoms with E-state index >= 15 is 0 Å². The number of ketones is 1. The fourth-order valence-electron chi connectivity index (χ4n) is 4.13. The second-order valence-electron chi connectivity index (χ2n) is 7.84. The number of ether oxygens (including phenoxy) is 1. The topological polar surface area (TPSA) is 80.8 Å². The number of nitrogens with zero attached hydrogens (tertiary/aromatic N) is 1. The molecule has 166 valence electrons. The highest BCUT2D eigenvalue weighted by Gasteiger charge is 2.42. The summed E-state index contributed by atoms with van der Waals surface area (Å²) in [5, 5.41) is 0.408. The summed E-state index contributed by atoms with van der Waals surface area (Å²) in [6.07, 6.45) is 1.73. The first kappa shape index (κ1) is 22.4. The molecule has 6 nitrogen and oxygen atoms in total. The molecule has 4 rings (SSSR count). The van der Waals surface area contributed by atoms with Crippen molar-refractivity contribution in [2.24, 2.45) is 5.92 Å². The maximum atomic E-state index is 13.0. The van der Waals surface area contributed by atoms with Gasteiger partial charge in [-0.05, 0) is 62.1 Å². The van der Waals surface area contributed by atoms with Gasteiger partial charge in [0.25, 0.3) is 11.8 Å². The number of benzene rings is 2. The summed E-state index contributed by atoms with van der Waals surface area (Å²) in [6, 6.07) is 7.46. The molecule has 1 aliphatic heterocycles. The van der Waals surface area contributed by atoms with Crippen LogP contribution in [0, 0.1) is 11.7 Å². The highest BCUT2D eigenvalue weighted by molar-refractivity contribution is 6.43. The highest BCUT2D eigenvalue weighted by Crippen LogP contribution is 2.36. The molecule has 1 fully saturated rings. The Hall–Kier alpha value is -2.77. The first-order valence-corrected chi connectivity index (χ1v) is 10.8. The van der Waals surface area contributed by atoms with Gasteiger partial charge in [-0.3, -0.25) is 24.1 Å². The van der Waals surface area contributed by atoms with Crippen LogP contribution in [0.2, 0.25) is 10.0 Å². The average Bonchev–Trinajstić information content (AvgIpc) is 3.02. The van der Waals surface area contributed by atoms with E-state index in [1.807, 2.05) is 0 Å². The number of Topliss-reactive ketones (excluding diaryl/α,β-unsaturated/α-hetero) is 1. The van der Waals surface area contributed by atoms with Crippen LogP contribution in [0.1, 0.15) is 56.8 Å². The molecule has 0 spiro atoms. The number of hydrogen-bond donors (Lipinski definition) is 0. The van der Waals surface area contributed by atoms with E-state index in [1.54, 1.807) is 0 Å². The van der Waals surface area contributed by atoms with Crippen molar-refractivity contribution in [1.29, 1.82) is 0 Å². The predicted molar refractivity (Wildman–Crippen MR) is 114 cm³/mol. The minimum absolute atomic E-state index is 0.204. The lowest BCUT2D eigenvalue weighted by Gasteiger charge is -2.32. The molecule has 2 amide bonds. The fourth-order valence-corrected chi connectivity index (χ4v) is 4.45. The lowest BCUT2D eigenvalue weighted by molar-refractivity contribution is -0.148. The molecule has 2 aromatic rings. The Morgan fingerprint density at radius 2 is 1.47 bits per heavy atom. The monoisotopic (exact) mass is 477 g/mol. The van der Waals surface area contributed by atoms with Crippen LogP contribution in [0.15, 0.2) is 36.4 Å².